The summed E-state index contributed by atoms with van der Waals surface area (Å²) in [6.07, 6.45) is 4.28. The molecule has 0 atom stereocenters. The number of hydrogen-bond acceptors (Lipinski definition) is 2. The molecule has 2 aromatic rings. The molecule has 0 aliphatic rings. The summed E-state index contributed by atoms with van der Waals surface area (Å²) in [6, 6.07) is 13.6. The van der Waals surface area contributed by atoms with Crippen molar-refractivity contribution in [2.24, 2.45) is 0 Å². The first-order chi connectivity index (χ1) is 11.1. The maximum absolute atomic E-state index is 12.0. The summed E-state index contributed by atoms with van der Waals surface area (Å²) in [5, 5.41) is 2.78. The van der Waals surface area contributed by atoms with Gasteiger partial charge in [-0.1, -0.05) is 49.6 Å². The number of anilines is 1. The summed E-state index contributed by atoms with van der Waals surface area (Å²) < 4.78 is 5.33. The van der Waals surface area contributed by atoms with Crippen molar-refractivity contribution in [2.45, 2.75) is 46.5 Å². The van der Waals surface area contributed by atoms with E-state index < -0.39 is 6.09 Å². The van der Waals surface area contributed by atoms with Crippen LogP contribution >= 0.6 is 0 Å². The Hall–Kier alpha value is -2.29. The highest BCUT2D eigenvalue weighted by atomic mass is 16.6. The fourth-order valence-electron chi connectivity index (χ4n) is 2.50. The van der Waals surface area contributed by atoms with Crippen LogP contribution in [0.4, 0.5) is 10.5 Å². The monoisotopic (exact) mass is 311 g/mol. The molecule has 1 N–H and O–H groups in total. The van der Waals surface area contributed by atoms with E-state index >= 15 is 0 Å². The van der Waals surface area contributed by atoms with Gasteiger partial charge in [0, 0.05) is 5.69 Å². The van der Waals surface area contributed by atoms with Crippen LogP contribution in [0.5, 0.6) is 5.75 Å². The lowest BCUT2D eigenvalue weighted by Crippen LogP contribution is -2.17. The number of amides is 1. The zero-order valence-electron chi connectivity index (χ0n) is 14.2. The second-order valence-electron chi connectivity index (χ2n) is 5.93. The van der Waals surface area contributed by atoms with E-state index in [9.17, 15) is 4.79 Å². The molecule has 0 radical (unpaired) electrons. The Balaban J connectivity index is 1.89. The molecule has 0 spiro atoms. The van der Waals surface area contributed by atoms with Gasteiger partial charge in [0.25, 0.3) is 0 Å². The van der Waals surface area contributed by atoms with Crippen LogP contribution in [0.1, 0.15) is 42.9 Å². The van der Waals surface area contributed by atoms with Gasteiger partial charge in [0.15, 0.2) is 0 Å². The van der Waals surface area contributed by atoms with Gasteiger partial charge < -0.3 is 4.74 Å². The highest BCUT2D eigenvalue weighted by molar-refractivity contribution is 5.87. The van der Waals surface area contributed by atoms with E-state index in [2.05, 4.69) is 12.2 Å². The van der Waals surface area contributed by atoms with E-state index in [4.69, 9.17) is 4.74 Å². The summed E-state index contributed by atoms with van der Waals surface area (Å²) in [6.45, 7) is 6.19. The molecule has 0 aliphatic carbocycles. The lowest BCUT2D eigenvalue weighted by Gasteiger charge is -2.10. The summed E-state index contributed by atoms with van der Waals surface area (Å²) >= 11 is 0. The first-order valence-corrected chi connectivity index (χ1v) is 8.23. The highest BCUT2D eigenvalue weighted by Gasteiger charge is 2.07. The quantitative estimate of drug-likeness (QED) is 0.700. The molecular weight excluding hydrogens is 286 g/mol. The second kappa shape index (κ2) is 8.37. The van der Waals surface area contributed by atoms with E-state index in [1.54, 1.807) is 0 Å². The minimum atomic E-state index is -0.462. The molecule has 0 unspecified atom stereocenters. The van der Waals surface area contributed by atoms with Crippen molar-refractivity contribution in [2.75, 3.05) is 5.32 Å². The number of aryl methyl sites for hydroxylation is 3. The van der Waals surface area contributed by atoms with Gasteiger partial charge in [-0.3, -0.25) is 5.32 Å². The van der Waals surface area contributed by atoms with Crippen molar-refractivity contribution in [3.8, 4) is 5.75 Å². The summed E-state index contributed by atoms with van der Waals surface area (Å²) in [5.41, 5.74) is 4.24. The third kappa shape index (κ3) is 5.44. The topological polar surface area (TPSA) is 38.3 Å². The average Bonchev–Trinajstić information content (AvgIpc) is 2.52. The smallest absolute Gasteiger partial charge is 0.410 e. The molecular formula is C20H25NO2. The molecule has 0 fully saturated rings. The predicted molar refractivity (Wildman–Crippen MR) is 95.2 cm³/mol. The second-order valence-corrected chi connectivity index (χ2v) is 5.93. The molecule has 0 saturated heterocycles. The molecule has 2 rings (SSSR count). The lowest BCUT2D eigenvalue weighted by molar-refractivity contribution is 0.215. The van der Waals surface area contributed by atoms with Crippen molar-refractivity contribution in [1.82, 2.24) is 0 Å². The molecule has 2 aromatic carbocycles. The normalized spacial score (nSPS) is 10.4. The van der Waals surface area contributed by atoms with Crippen LogP contribution in [0.25, 0.3) is 0 Å². The number of carbonyl (C=O) groups excluding carboxylic acids is 1. The number of rotatable bonds is 6. The Morgan fingerprint density at radius 1 is 1.04 bits per heavy atom. The molecule has 3 heteroatoms. The molecule has 0 saturated carbocycles. The zero-order valence-corrected chi connectivity index (χ0v) is 14.2. The van der Waals surface area contributed by atoms with Crippen LogP contribution in [0.15, 0.2) is 42.5 Å². The van der Waals surface area contributed by atoms with E-state index in [1.165, 1.54) is 30.4 Å². The van der Waals surface area contributed by atoms with Gasteiger partial charge in [-0.2, -0.15) is 0 Å². The van der Waals surface area contributed by atoms with Gasteiger partial charge >= 0.3 is 6.09 Å². The van der Waals surface area contributed by atoms with E-state index in [0.29, 0.717) is 5.75 Å². The van der Waals surface area contributed by atoms with Gasteiger partial charge in [0.1, 0.15) is 5.75 Å². The van der Waals surface area contributed by atoms with Crippen LogP contribution in [-0.4, -0.2) is 6.09 Å². The van der Waals surface area contributed by atoms with Crippen molar-refractivity contribution in [1.29, 1.82) is 0 Å². The fraction of sp³-hybridized carbons (Fsp3) is 0.350. The van der Waals surface area contributed by atoms with Gasteiger partial charge in [-0.05, 0) is 56.0 Å². The van der Waals surface area contributed by atoms with Crippen LogP contribution in [0.3, 0.4) is 0 Å². The van der Waals surface area contributed by atoms with Gasteiger partial charge in [-0.25, -0.2) is 4.79 Å². The fourth-order valence-corrected chi connectivity index (χ4v) is 2.50. The van der Waals surface area contributed by atoms with Crippen molar-refractivity contribution >= 4 is 11.8 Å². The van der Waals surface area contributed by atoms with Crippen molar-refractivity contribution in [3.63, 3.8) is 0 Å². The van der Waals surface area contributed by atoms with E-state index in [1.807, 2.05) is 56.3 Å². The lowest BCUT2D eigenvalue weighted by atomic mass is 10.1. The molecule has 0 aromatic heterocycles. The van der Waals surface area contributed by atoms with E-state index in [-0.39, 0.29) is 0 Å². The summed E-state index contributed by atoms with van der Waals surface area (Å²) in [7, 11) is 0. The SMILES string of the molecule is CCCCCc1ccc(OC(=O)Nc2ccc(C)cc2C)cc1. The molecule has 0 bridgehead atoms. The average molecular weight is 311 g/mol. The number of hydrogen-bond donors (Lipinski definition) is 1. The van der Waals surface area contributed by atoms with Crippen LogP contribution in [0.2, 0.25) is 0 Å². The minimum absolute atomic E-state index is 0.462. The molecule has 23 heavy (non-hydrogen) atoms. The van der Waals surface area contributed by atoms with Crippen LogP contribution in [0, 0.1) is 13.8 Å². The Morgan fingerprint density at radius 2 is 1.78 bits per heavy atom. The number of nitrogens with one attached hydrogen (secondary N) is 1. The highest BCUT2D eigenvalue weighted by Crippen LogP contribution is 2.18. The standard InChI is InChI=1S/C20H25NO2/c1-4-5-6-7-17-9-11-18(12-10-17)23-20(22)21-19-13-8-15(2)14-16(19)3/h8-14H,4-7H2,1-3H3,(H,21,22). The zero-order chi connectivity index (χ0) is 16.7. The molecule has 122 valence electrons. The maximum Gasteiger partial charge on any atom is 0.417 e. The Kier molecular flexibility index (Phi) is 6.21. The molecule has 3 nitrogen and oxygen atoms in total. The first kappa shape index (κ1) is 17.1. The summed E-state index contributed by atoms with van der Waals surface area (Å²) in [5.74, 6) is 0.562. The molecule has 0 aliphatic heterocycles. The number of unbranched alkanes of at least 4 members (excludes halogenated alkanes) is 2. The number of carbonyl (C=O) groups is 1. The number of ether oxygens (including phenoxy) is 1. The molecule has 0 heterocycles. The largest absolute Gasteiger partial charge is 0.417 e. The number of benzene rings is 2. The minimum Gasteiger partial charge on any atom is -0.410 e. The van der Waals surface area contributed by atoms with Gasteiger partial charge in [0.2, 0.25) is 0 Å². The van der Waals surface area contributed by atoms with Crippen LogP contribution in [-0.2, 0) is 6.42 Å². The Morgan fingerprint density at radius 3 is 2.43 bits per heavy atom. The Bertz CT molecular complexity index is 647. The van der Waals surface area contributed by atoms with Crippen molar-refractivity contribution in [3.05, 3.63) is 59.2 Å². The van der Waals surface area contributed by atoms with Crippen molar-refractivity contribution < 1.29 is 9.53 Å². The Labute approximate surface area is 138 Å². The first-order valence-electron chi connectivity index (χ1n) is 8.23. The van der Waals surface area contributed by atoms with Gasteiger partial charge in [0.05, 0.1) is 0 Å². The van der Waals surface area contributed by atoms with Gasteiger partial charge in [-0.15, -0.1) is 0 Å². The maximum atomic E-state index is 12.0. The predicted octanol–water partition coefficient (Wildman–Crippen LogP) is 5.65. The third-order valence-corrected chi connectivity index (χ3v) is 3.82. The van der Waals surface area contributed by atoms with E-state index in [0.717, 1.165) is 17.7 Å². The van der Waals surface area contributed by atoms with Crippen LogP contribution < -0.4 is 10.1 Å². The summed E-state index contributed by atoms with van der Waals surface area (Å²) in [4.78, 5) is 12.0. The third-order valence-electron chi connectivity index (χ3n) is 3.82. The molecule has 1 amide bonds.